The third kappa shape index (κ3) is 4.22. The van der Waals surface area contributed by atoms with Crippen molar-refractivity contribution in [1.82, 2.24) is 5.32 Å². The molecule has 0 radical (unpaired) electrons. The second-order valence-corrected chi connectivity index (χ2v) is 5.23. The summed E-state index contributed by atoms with van der Waals surface area (Å²) in [5.74, 6) is 0. The Morgan fingerprint density at radius 3 is 2.24 bits per heavy atom. The summed E-state index contributed by atoms with van der Waals surface area (Å²) in [5.41, 5.74) is 1.12. The van der Waals surface area contributed by atoms with Crippen molar-refractivity contribution < 1.29 is 13.2 Å². The number of alkyl halides is 3. The smallest absolute Gasteiger partial charge is 0.306 e. The summed E-state index contributed by atoms with van der Waals surface area (Å²) in [4.78, 5) is 0. The molecule has 0 fully saturated rings. The van der Waals surface area contributed by atoms with Crippen LogP contribution in [-0.2, 0) is 12.7 Å². The van der Waals surface area contributed by atoms with E-state index < -0.39 is 11.7 Å². The lowest BCUT2D eigenvalue weighted by Crippen LogP contribution is -2.18. The maximum Gasteiger partial charge on any atom is 0.416 e. The van der Waals surface area contributed by atoms with Gasteiger partial charge in [-0.3, -0.25) is 0 Å². The van der Waals surface area contributed by atoms with Crippen LogP contribution in [0.3, 0.4) is 0 Å². The number of rotatable bonds is 4. The number of benzene rings is 2. The Labute approximate surface area is 126 Å². The Bertz CT molecular complexity index is 593. The highest BCUT2D eigenvalue weighted by Crippen LogP contribution is 2.29. The average Bonchev–Trinajstić information content (AvgIpc) is 2.45. The summed E-state index contributed by atoms with van der Waals surface area (Å²) in [6, 6.07) is 12.7. The molecule has 1 atom stereocenters. The van der Waals surface area contributed by atoms with Gasteiger partial charge in [-0.2, -0.15) is 13.2 Å². The van der Waals surface area contributed by atoms with Crippen LogP contribution in [0.1, 0.15) is 29.7 Å². The van der Waals surface area contributed by atoms with E-state index in [1.807, 2.05) is 31.2 Å². The quantitative estimate of drug-likeness (QED) is 0.817. The summed E-state index contributed by atoms with van der Waals surface area (Å²) in [5, 5.41) is 3.92. The maximum absolute atomic E-state index is 12.5. The molecule has 0 heterocycles. The summed E-state index contributed by atoms with van der Waals surface area (Å²) in [7, 11) is 0. The zero-order valence-electron chi connectivity index (χ0n) is 11.4. The first-order valence-corrected chi connectivity index (χ1v) is 6.89. The summed E-state index contributed by atoms with van der Waals surface area (Å²) in [6.45, 7) is 2.44. The first-order valence-electron chi connectivity index (χ1n) is 6.52. The zero-order valence-corrected chi connectivity index (χ0v) is 12.2. The molecule has 21 heavy (non-hydrogen) atoms. The van der Waals surface area contributed by atoms with Crippen LogP contribution in [0.5, 0.6) is 0 Å². The third-order valence-corrected chi connectivity index (χ3v) is 3.61. The third-order valence-electron chi connectivity index (χ3n) is 3.27. The molecular weight excluding hydrogens is 299 g/mol. The van der Waals surface area contributed by atoms with Gasteiger partial charge in [-0.15, -0.1) is 0 Å². The largest absolute Gasteiger partial charge is 0.416 e. The van der Waals surface area contributed by atoms with Gasteiger partial charge >= 0.3 is 6.18 Å². The van der Waals surface area contributed by atoms with E-state index in [9.17, 15) is 13.2 Å². The average molecular weight is 314 g/mol. The minimum absolute atomic E-state index is 0.0148. The molecule has 0 aliphatic heterocycles. The minimum atomic E-state index is -4.29. The highest BCUT2D eigenvalue weighted by atomic mass is 35.5. The molecule has 0 aliphatic rings. The minimum Gasteiger partial charge on any atom is -0.306 e. The van der Waals surface area contributed by atoms with Crippen LogP contribution in [-0.4, -0.2) is 0 Å². The Hall–Kier alpha value is -1.52. The summed E-state index contributed by atoms with van der Waals surface area (Å²) < 4.78 is 37.4. The van der Waals surface area contributed by atoms with Gasteiger partial charge in [-0.25, -0.2) is 0 Å². The van der Waals surface area contributed by atoms with E-state index in [0.29, 0.717) is 11.6 Å². The Balaban J connectivity index is 1.99. The van der Waals surface area contributed by atoms with Crippen LogP contribution in [0.2, 0.25) is 5.02 Å². The molecule has 2 rings (SSSR count). The molecule has 0 unspecified atom stereocenters. The van der Waals surface area contributed by atoms with Crippen molar-refractivity contribution in [2.45, 2.75) is 25.7 Å². The molecule has 112 valence electrons. The molecule has 5 heteroatoms. The van der Waals surface area contributed by atoms with E-state index >= 15 is 0 Å². The van der Waals surface area contributed by atoms with Crippen LogP contribution < -0.4 is 5.32 Å². The lowest BCUT2D eigenvalue weighted by molar-refractivity contribution is -0.137. The van der Waals surface area contributed by atoms with Gasteiger partial charge in [-0.05, 0) is 36.2 Å². The van der Waals surface area contributed by atoms with E-state index in [2.05, 4.69) is 5.32 Å². The topological polar surface area (TPSA) is 12.0 Å². The van der Waals surface area contributed by atoms with Crippen molar-refractivity contribution in [3.05, 3.63) is 70.2 Å². The Morgan fingerprint density at radius 1 is 1.05 bits per heavy atom. The van der Waals surface area contributed by atoms with Gasteiger partial charge in [0.1, 0.15) is 0 Å². The van der Waals surface area contributed by atoms with E-state index in [-0.39, 0.29) is 6.04 Å². The van der Waals surface area contributed by atoms with Gasteiger partial charge in [0.2, 0.25) is 0 Å². The van der Waals surface area contributed by atoms with Gasteiger partial charge in [0.25, 0.3) is 0 Å². The van der Waals surface area contributed by atoms with Crippen LogP contribution in [0.25, 0.3) is 0 Å². The summed E-state index contributed by atoms with van der Waals surface area (Å²) in [6.07, 6.45) is -4.29. The van der Waals surface area contributed by atoms with Crippen LogP contribution in [0.4, 0.5) is 13.2 Å². The summed E-state index contributed by atoms with van der Waals surface area (Å²) >= 11 is 6.11. The maximum atomic E-state index is 12.5. The predicted octanol–water partition coefficient (Wildman–Crippen LogP) is 5.21. The van der Waals surface area contributed by atoms with Gasteiger partial charge in [-0.1, -0.05) is 41.9 Å². The highest BCUT2D eigenvalue weighted by molar-refractivity contribution is 6.31. The van der Waals surface area contributed by atoms with Crippen molar-refractivity contribution in [3.63, 3.8) is 0 Å². The molecule has 0 bridgehead atoms. The van der Waals surface area contributed by atoms with Crippen molar-refractivity contribution in [2.75, 3.05) is 0 Å². The Morgan fingerprint density at radius 2 is 1.67 bits per heavy atom. The molecule has 0 saturated carbocycles. The number of halogens is 4. The van der Waals surface area contributed by atoms with Crippen LogP contribution in [0, 0.1) is 0 Å². The normalized spacial score (nSPS) is 13.2. The lowest BCUT2D eigenvalue weighted by atomic mass is 10.1. The highest BCUT2D eigenvalue weighted by Gasteiger charge is 2.29. The van der Waals surface area contributed by atoms with Crippen LogP contribution in [0.15, 0.2) is 48.5 Å². The Kier molecular flexibility index (Phi) is 4.91. The second-order valence-electron chi connectivity index (χ2n) is 4.82. The van der Waals surface area contributed by atoms with Crippen molar-refractivity contribution >= 4 is 11.6 Å². The number of hydrogen-bond acceptors (Lipinski definition) is 1. The molecule has 0 aromatic heterocycles. The van der Waals surface area contributed by atoms with Crippen LogP contribution >= 0.6 is 11.6 Å². The lowest BCUT2D eigenvalue weighted by Gasteiger charge is -2.16. The predicted molar refractivity (Wildman–Crippen MR) is 78.2 cm³/mol. The SMILES string of the molecule is C[C@H](NCc1ccc(C(F)(F)F)cc1)c1ccccc1Cl. The molecule has 0 aliphatic carbocycles. The van der Waals surface area contributed by atoms with E-state index in [1.165, 1.54) is 12.1 Å². The fourth-order valence-corrected chi connectivity index (χ4v) is 2.32. The molecule has 0 saturated heterocycles. The monoisotopic (exact) mass is 313 g/mol. The second kappa shape index (κ2) is 6.50. The molecule has 0 amide bonds. The molecular formula is C16H15ClF3N. The molecule has 1 nitrogen and oxygen atoms in total. The first kappa shape index (κ1) is 15.9. The number of nitrogens with one attached hydrogen (secondary N) is 1. The standard InChI is InChI=1S/C16H15ClF3N/c1-11(14-4-2-3-5-15(14)17)21-10-12-6-8-13(9-7-12)16(18,19)20/h2-9,11,21H,10H2,1H3/t11-/m0/s1. The van der Waals surface area contributed by atoms with Gasteiger partial charge < -0.3 is 5.32 Å². The van der Waals surface area contributed by atoms with Crippen molar-refractivity contribution in [3.8, 4) is 0 Å². The van der Waals surface area contributed by atoms with Crippen molar-refractivity contribution in [2.24, 2.45) is 0 Å². The molecule has 0 spiro atoms. The zero-order chi connectivity index (χ0) is 15.5. The number of hydrogen-bond donors (Lipinski definition) is 1. The van der Waals surface area contributed by atoms with E-state index in [1.54, 1.807) is 0 Å². The van der Waals surface area contributed by atoms with Crippen molar-refractivity contribution in [1.29, 1.82) is 0 Å². The molecule has 2 aromatic carbocycles. The van der Waals surface area contributed by atoms with Gasteiger partial charge in [0, 0.05) is 17.6 Å². The molecule has 2 aromatic rings. The van der Waals surface area contributed by atoms with E-state index in [0.717, 1.165) is 23.3 Å². The van der Waals surface area contributed by atoms with E-state index in [4.69, 9.17) is 11.6 Å². The van der Waals surface area contributed by atoms with Gasteiger partial charge in [0.15, 0.2) is 0 Å². The fourth-order valence-electron chi connectivity index (χ4n) is 2.02. The first-order chi connectivity index (χ1) is 9.88. The molecule has 1 N–H and O–H groups in total. The van der Waals surface area contributed by atoms with Gasteiger partial charge in [0.05, 0.1) is 5.56 Å². The fraction of sp³-hybridized carbons (Fsp3) is 0.250.